The number of aliphatic carboxylic acids is 1. The van der Waals surface area contributed by atoms with Crippen molar-refractivity contribution in [3.8, 4) is 16.9 Å². The number of ether oxygens (including phenoxy) is 1. The minimum absolute atomic E-state index is 0.321. The zero-order valence-corrected chi connectivity index (χ0v) is 20.4. The molecule has 5 rings (SSSR count). The SMILES string of the molecule is NC(=O)c1cccc2c1c1c(OCC(=O)O)cc(-c3ccc(Cl)cc3)cc1n2Cc1cccc(Cl)c1. The van der Waals surface area contributed by atoms with E-state index in [0.717, 1.165) is 27.7 Å². The van der Waals surface area contributed by atoms with E-state index in [4.69, 9.17) is 33.7 Å². The Bertz CT molecular complexity index is 1640. The summed E-state index contributed by atoms with van der Waals surface area (Å²) >= 11 is 12.3. The van der Waals surface area contributed by atoms with E-state index in [0.29, 0.717) is 38.7 Å². The molecular formula is C28H20Cl2N2O4. The standard InChI is InChI=1S/C28H20Cl2N2O4/c29-19-9-7-17(8-10-19)18-12-23-27(24(13-18)36-15-25(33)34)26-21(28(31)35)5-2-6-22(26)32(23)14-16-3-1-4-20(30)11-16/h1-13H,14-15H2,(H2,31,35)(H,33,34). The topological polar surface area (TPSA) is 94.6 Å². The van der Waals surface area contributed by atoms with Crippen LogP contribution in [0.25, 0.3) is 32.9 Å². The Balaban J connectivity index is 1.86. The first-order valence-corrected chi connectivity index (χ1v) is 11.8. The van der Waals surface area contributed by atoms with Gasteiger partial charge < -0.3 is 20.1 Å². The number of fused-ring (bicyclic) bond motifs is 3. The number of nitrogens with zero attached hydrogens (tertiary/aromatic N) is 1. The maximum atomic E-state index is 12.4. The highest BCUT2D eigenvalue weighted by Gasteiger charge is 2.22. The Morgan fingerprint density at radius 3 is 2.28 bits per heavy atom. The zero-order valence-electron chi connectivity index (χ0n) is 18.9. The Morgan fingerprint density at radius 2 is 1.58 bits per heavy atom. The van der Waals surface area contributed by atoms with Gasteiger partial charge in [0.2, 0.25) is 5.91 Å². The molecule has 0 saturated carbocycles. The molecule has 0 spiro atoms. The molecule has 1 heterocycles. The second-order valence-electron chi connectivity index (χ2n) is 8.34. The molecule has 36 heavy (non-hydrogen) atoms. The molecule has 180 valence electrons. The number of carboxylic acid groups (broad SMARTS) is 1. The average Bonchev–Trinajstić information content (AvgIpc) is 3.16. The molecule has 1 aromatic heterocycles. The van der Waals surface area contributed by atoms with Gasteiger partial charge in [0, 0.05) is 27.5 Å². The maximum absolute atomic E-state index is 12.4. The van der Waals surface area contributed by atoms with Crippen LogP contribution < -0.4 is 10.5 Å². The summed E-state index contributed by atoms with van der Waals surface area (Å²) in [5, 5.41) is 11.7. The molecule has 6 nitrogen and oxygen atoms in total. The first-order valence-electron chi connectivity index (χ1n) is 11.1. The first-order chi connectivity index (χ1) is 17.3. The lowest BCUT2D eigenvalue weighted by atomic mass is 10.0. The minimum Gasteiger partial charge on any atom is -0.481 e. The highest BCUT2D eigenvalue weighted by Crippen LogP contribution is 2.41. The van der Waals surface area contributed by atoms with Crippen molar-refractivity contribution in [2.24, 2.45) is 5.73 Å². The summed E-state index contributed by atoms with van der Waals surface area (Å²) in [6.07, 6.45) is 0. The third-order valence-corrected chi connectivity index (χ3v) is 6.47. The van der Waals surface area contributed by atoms with Crippen LogP contribution in [0.15, 0.2) is 78.9 Å². The van der Waals surface area contributed by atoms with Crippen LogP contribution in [0, 0.1) is 0 Å². The summed E-state index contributed by atoms with van der Waals surface area (Å²) in [5.41, 5.74) is 10.2. The highest BCUT2D eigenvalue weighted by atomic mass is 35.5. The lowest BCUT2D eigenvalue weighted by Gasteiger charge is -2.12. The molecule has 8 heteroatoms. The van der Waals surface area contributed by atoms with Gasteiger partial charge in [-0.3, -0.25) is 4.79 Å². The maximum Gasteiger partial charge on any atom is 0.341 e. The van der Waals surface area contributed by atoms with Crippen LogP contribution in [0.4, 0.5) is 0 Å². The van der Waals surface area contributed by atoms with Gasteiger partial charge in [-0.1, -0.05) is 53.5 Å². The molecule has 1 amide bonds. The predicted octanol–water partition coefficient (Wildman–Crippen LogP) is 6.38. The summed E-state index contributed by atoms with van der Waals surface area (Å²) in [4.78, 5) is 23.8. The van der Waals surface area contributed by atoms with E-state index in [2.05, 4.69) is 4.57 Å². The molecule has 3 N–H and O–H groups in total. The largest absolute Gasteiger partial charge is 0.481 e. The molecule has 4 aromatic carbocycles. The molecule has 0 aliphatic carbocycles. The lowest BCUT2D eigenvalue weighted by molar-refractivity contribution is -0.139. The van der Waals surface area contributed by atoms with Gasteiger partial charge in [-0.15, -0.1) is 0 Å². The van der Waals surface area contributed by atoms with Gasteiger partial charge in [0.25, 0.3) is 0 Å². The van der Waals surface area contributed by atoms with Crippen molar-refractivity contribution in [1.82, 2.24) is 4.57 Å². The summed E-state index contributed by atoms with van der Waals surface area (Å²) in [5.74, 6) is -1.37. The number of carbonyl (C=O) groups is 2. The monoisotopic (exact) mass is 518 g/mol. The van der Waals surface area contributed by atoms with Gasteiger partial charge in [0.1, 0.15) is 5.75 Å². The number of nitrogens with two attached hydrogens (primary N) is 1. The van der Waals surface area contributed by atoms with E-state index in [-0.39, 0.29) is 0 Å². The number of aromatic nitrogens is 1. The second-order valence-corrected chi connectivity index (χ2v) is 9.21. The van der Waals surface area contributed by atoms with E-state index in [1.54, 1.807) is 36.4 Å². The highest BCUT2D eigenvalue weighted by molar-refractivity contribution is 6.31. The van der Waals surface area contributed by atoms with Gasteiger partial charge in [0.05, 0.1) is 16.4 Å². The van der Waals surface area contributed by atoms with Crippen LogP contribution in [0.1, 0.15) is 15.9 Å². The Hall–Kier alpha value is -4.00. The Kier molecular flexibility index (Phi) is 6.31. The normalized spacial score (nSPS) is 11.2. The van der Waals surface area contributed by atoms with E-state index < -0.39 is 18.5 Å². The fraction of sp³-hybridized carbons (Fsp3) is 0.0714. The van der Waals surface area contributed by atoms with Gasteiger partial charge in [-0.2, -0.15) is 0 Å². The Morgan fingerprint density at radius 1 is 0.833 bits per heavy atom. The van der Waals surface area contributed by atoms with Crippen molar-refractivity contribution in [1.29, 1.82) is 0 Å². The lowest BCUT2D eigenvalue weighted by Crippen LogP contribution is -2.11. The van der Waals surface area contributed by atoms with Crippen molar-refractivity contribution in [3.05, 3.63) is 100 Å². The number of amides is 1. The number of halogens is 2. The van der Waals surface area contributed by atoms with E-state index in [9.17, 15) is 14.7 Å². The first kappa shape index (κ1) is 23.7. The molecule has 0 radical (unpaired) electrons. The third-order valence-electron chi connectivity index (χ3n) is 5.98. The molecule has 0 unspecified atom stereocenters. The van der Waals surface area contributed by atoms with Gasteiger partial charge >= 0.3 is 5.97 Å². The second kappa shape index (κ2) is 9.57. The van der Waals surface area contributed by atoms with Gasteiger partial charge in [0.15, 0.2) is 6.61 Å². The molecule has 5 aromatic rings. The number of hydrogen-bond acceptors (Lipinski definition) is 3. The molecule has 0 aliphatic heterocycles. The van der Waals surface area contributed by atoms with Gasteiger partial charge in [-0.05, 0) is 65.2 Å². The number of carbonyl (C=O) groups excluding carboxylic acids is 1. The summed E-state index contributed by atoms with van der Waals surface area (Å²) in [7, 11) is 0. The van der Waals surface area contributed by atoms with E-state index >= 15 is 0 Å². The van der Waals surface area contributed by atoms with Crippen LogP contribution in [0.3, 0.4) is 0 Å². The van der Waals surface area contributed by atoms with Crippen LogP contribution in [0.5, 0.6) is 5.75 Å². The molecule has 0 bridgehead atoms. The van der Waals surface area contributed by atoms with Crippen molar-refractivity contribution < 1.29 is 19.4 Å². The third kappa shape index (κ3) is 4.49. The van der Waals surface area contributed by atoms with Crippen LogP contribution in [-0.4, -0.2) is 28.2 Å². The zero-order chi connectivity index (χ0) is 25.4. The number of carboxylic acids is 1. The van der Waals surface area contributed by atoms with Crippen molar-refractivity contribution in [2.75, 3.05) is 6.61 Å². The Labute approximate surface area is 216 Å². The van der Waals surface area contributed by atoms with Crippen LogP contribution in [0.2, 0.25) is 10.0 Å². The molecular weight excluding hydrogens is 499 g/mol. The summed E-state index contributed by atoms with van der Waals surface area (Å²) in [6, 6.07) is 23.9. The summed E-state index contributed by atoms with van der Waals surface area (Å²) in [6.45, 7) is -0.0932. The predicted molar refractivity (Wildman–Crippen MR) is 142 cm³/mol. The molecule has 0 saturated heterocycles. The van der Waals surface area contributed by atoms with Crippen molar-refractivity contribution in [2.45, 2.75) is 6.54 Å². The van der Waals surface area contributed by atoms with Crippen LogP contribution in [-0.2, 0) is 11.3 Å². The van der Waals surface area contributed by atoms with E-state index in [1.165, 1.54) is 0 Å². The number of rotatable bonds is 7. The van der Waals surface area contributed by atoms with E-state index in [1.807, 2.05) is 42.5 Å². The van der Waals surface area contributed by atoms with Crippen molar-refractivity contribution in [3.63, 3.8) is 0 Å². The quantitative estimate of drug-likeness (QED) is 0.261. The average molecular weight is 519 g/mol. The molecule has 0 fully saturated rings. The van der Waals surface area contributed by atoms with Gasteiger partial charge in [-0.25, -0.2) is 4.79 Å². The fourth-order valence-corrected chi connectivity index (χ4v) is 4.82. The van der Waals surface area contributed by atoms with Crippen LogP contribution >= 0.6 is 23.2 Å². The fourth-order valence-electron chi connectivity index (χ4n) is 4.48. The smallest absolute Gasteiger partial charge is 0.341 e. The number of primary amides is 1. The number of benzene rings is 4. The summed E-state index contributed by atoms with van der Waals surface area (Å²) < 4.78 is 7.83. The van der Waals surface area contributed by atoms with Crippen molar-refractivity contribution >= 4 is 56.9 Å². The minimum atomic E-state index is -1.11. The molecule has 0 atom stereocenters. The molecule has 0 aliphatic rings. The number of hydrogen-bond donors (Lipinski definition) is 2.